The Kier molecular flexibility index (Phi) is 5.40. The van der Waals surface area contributed by atoms with E-state index in [1.54, 1.807) is 34.9 Å². The van der Waals surface area contributed by atoms with Crippen molar-refractivity contribution in [1.82, 2.24) is 14.5 Å². The van der Waals surface area contributed by atoms with Gasteiger partial charge in [0, 0.05) is 29.7 Å². The minimum atomic E-state index is -4.52. The van der Waals surface area contributed by atoms with Crippen LogP contribution in [0.5, 0.6) is 11.6 Å². The van der Waals surface area contributed by atoms with Crippen molar-refractivity contribution >= 4 is 11.6 Å². The van der Waals surface area contributed by atoms with Gasteiger partial charge in [-0.15, -0.1) is 0 Å². The lowest BCUT2D eigenvalue weighted by Gasteiger charge is -2.10. The normalized spacial score (nSPS) is 11.2. The monoisotopic (exact) mass is 424 g/mol. The molecule has 0 spiro atoms. The van der Waals surface area contributed by atoms with Crippen molar-refractivity contribution in [2.45, 2.75) is 6.18 Å². The number of nitrogens with zero attached hydrogens (tertiary/aromatic N) is 3. The van der Waals surface area contributed by atoms with Crippen molar-refractivity contribution < 1.29 is 22.7 Å². The summed E-state index contributed by atoms with van der Waals surface area (Å²) in [6.07, 6.45) is 0.549. The van der Waals surface area contributed by atoms with Gasteiger partial charge in [-0.2, -0.15) is 13.2 Å². The topological polar surface area (TPSA) is 69.0 Å². The summed E-state index contributed by atoms with van der Waals surface area (Å²) in [6, 6.07) is 16.0. The predicted molar refractivity (Wildman–Crippen MR) is 107 cm³/mol. The molecule has 0 bridgehead atoms. The minimum absolute atomic E-state index is 0.0892. The standard InChI is InChI=1S/C22H15F3N4O2/c23-22(24,25)16-5-3-4-15(12-16)21(30)28-17-6-8-18(9-7-17)31-20-13-19(26-14-27-20)29-10-1-2-11-29/h1-14H,(H,28,30). The lowest BCUT2D eigenvalue weighted by atomic mass is 10.1. The van der Waals surface area contributed by atoms with Gasteiger partial charge < -0.3 is 14.6 Å². The van der Waals surface area contributed by atoms with E-state index >= 15 is 0 Å². The van der Waals surface area contributed by atoms with Crippen LogP contribution in [0.2, 0.25) is 0 Å². The second-order valence-electron chi connectivity index (χ2n) is 6.46. The van der Waals surface area contributed by atoms with Gasteiger partial charge in [-0.1, -0.05) is 6.07 Å². The summed E-state index contributed by atoms with van der Waals surface area (Å²) < 4.78 is 46.0. The molecule has 0 saturated carbocycles. The van der Waals surface area contributed by atoms with Gasteiger partial charge in [0.25, 0.3) is 5.91 Å². The molecule has 1 amide bonds. The summed E-state index contributed by atoms with van der Waals surface area (Å²) in [5.74, 6) is 0.792. The molecule has 2 heterocycles. The van der Waals surface area contributed by atoms with E-state index in [4.69, 9.17) is 4.74 Å². The molecule has 0 aliphatic carbocycles. The van der Waals surface area contributed by atoms with Gasteiger partial charge >= 0.3 is 6.18 Å². The minimum Gasteiger partial charge on any atom is -0.439 e. The Morgan fingerprint density at radius 2 is 1.68 bits per heavy atom. The number of carbonyl (C=O) groups excluding carboxylic acids is 1. The molecule has 6 nitrogen and oxygen atoms in total. The molecule has 0 fully saturated rings. The molecule has 31 heavy (non-hydrogen) atoms. The molecule has 2 aromatic heterocycles. The van der Waals surface area contributed by atoms with E-state index in [1.807, 2.05) is 24.5 Å². The lowest BCUT2D eigenvalue weighted by Crippen LogP contribution is -2.13. The number of nitrogens with one attached hydrogen (secondary N) is 1. The van der Waals surface area contributed by atoms with Crippen LogP contribution in [-0.4, -0.2) is 20.4 Å². The number of rotatable bonds is 5. The van der Waals surface area contributed by atoms with Crippen molar-refractivity contribution in [2.24, 2.45) is 0 Å². The Morgan fingerprint density at radius 3 is 2.39 bits per heavy atom. The van der Waals surface area contributed by atoms with Gasteiger partial charge in [-0.25, -0.2) is 9.97 Å². The quantitative estimate of drug-likeness (QED) is 0.470. The van der Waals surface area contributed by atoms with Crippen LogP contribution in [0.15, 0.2) is 85.5 Å². The van der Waals surface area contributed by atoms with Gasteiger partial charge in [-0.05, 0) is 54.6 Å². The second kappa shape index (κ2) is 8.31. The lowest BCUT2D eigenvalue weighted by molar-refractivity contribution is -0.137. The largest absolute Gasteiger partial charge is 0.439 e. The summed E-state index contributed by atoms with van der Waals surface area (Å²) in [6.45, 7) is 0. The smallest absolute Gasteiger partial charge is 0.416 e. The Labute approximate surface area is 175 Å². The zero-order chi connectivity index (χ0) is 21.8. The highest BCUT2D eigenvalue weighted by Crippen LogP contribution is 2.30. The van der Waals surface area contributed by atoms with Crippen LogP contribution in [0.3, 0.4) is 0 Å². The van der Waals surface area contributed by atoms with E-state index in [1.165, 1.54) is 18.5 Å². The molecule has 0 aliphatic rings. The van der Waals surface area contributed by atoms with Crippen molar-refractivity contribution in [3.8, 4) is 17.4 Å². The van der Waals surface area contributed by atoms with Crippen LogP contribution in [-0.2, 0) is 6.18 Å². The average Bonchev–Trinajstić information content (AvgIpc) is 3.30. The van der Waals surface area contributed by atoms with Gasteiger partial charge in [0.2, 0.25) is 5.88 Å². The van der Waals surface area contributed by atoms with E-state index in [2.05, 4.69) is 15.3 Å². The van der Waals surface area contributed by atoms with E-state index in [0.717, 1.165) is 12.1 Å². The number of amides is 1. The van der Waals surface area contributed by atoms with Crippen molar-refractivity contribution in [1.29, 1.82) is 0 Å². The van der Waals surface area contributed by atoms with Crippen molar-refractivity contribution in [3.05, 3.63) is 96.6 Å². The highest BCUT2D eigenvalue weighted by Gasteiger charge is 2.30. The molecular formula is C22H15F3N4O2. The van der Waals surface area contributed by atoms with Crippen LogP contribution in [0.1, 0.15) is 15.9 Å². The zero-order valence-electron chi connectivity index (χ0n) is 15.9. The fraction of sp³-hybridized carbons (Fsp3) is 0.0455. The van der Waals surface area contributed by atoms with Crippen molar-refractivity contribution in [2.75, 3.05) is 5.32 Å². The summed E-state index contributed by atoms with van der Waals surface area (Å²) >= 11 is 0. The number of carbonyl (C=O) groups is 1. The number of aromatic nitrogens is 3. The fourth-order valence-electron chi connectivity index (χ4n) is 2.78. The number of alkyl halides is 3. The molecule has 2 aromatic carbocycles. The van der Waals surface area contributed by atoms with Crippen LogP contribution >= 0.6 is 0 Å². The van der Waals surface area contributed by atoms with Crippen molar-refractivity contribution in [3.63, 3.8) is 0 Å². The SMILES string of the molecule is O=C(Nc1ccc(Oc2cc(-n3cccc3)ncn2)cc1)c1cccc(C(F)(F)F)c1. The molecule has 4 aromatic rings. The number of ether oxygens (including phenoxy) is 1. The van der Waals surface area contributed by atoms with E-state index in [-0.39, 0.29) is 5.56 Å². The molecule has 0 saturated heterocycles. The molecule has 1 N–H and O–H groups in total. The Morgan fingerprint density at radius 1 is 0.935 bits per heavy atom. The van der Waals surface area contributed by atoms with Gasteiger partial charge in [0.15, 0.2) is 0 Å². The second-order valence-corrected chi connectivity index (χ2v) is 6.46. The molecule has 4 rings (SSSR count). The van der Waals surface area contributed by atoms with E-state index < -0.39 is 17.6 Å². The molecular weight excluding hydrogens is 409 g/mol. The van der Waals surface area contributed by atoms with Crippen LogP contribution in [0.25, 0.3) is 5.82 Å². The van der Waals surface area contributed by atoms with E-state index in [0.29, 0.717) is 23.1 Å². The third-order valence-electron chi connectivity index (χ3n) is 4.28. The Balaban J connectivity index is 1.43. The molecule has 0 atom stereocenters. The van der Waals surface area contributed by atoms with Crippen LogP contribution in [0, 0.1) is 0 Å². The molecule has 156 valence electrons. The van der Waals surface area contributed by atoms with Crippen LogP contribution in [0.4, 0.5) is 18.9 Å². The summed E-state index contributed by atoms with van der Waals surface area (Å²) in [5.41, 5.74) is -0.563. The maximum absolute atomic E-state index is 12.8. The van der Waals surface area contributed by atoms with Gasteiger partial charge in [0.05, 0.1) is 5.56 Å². The number of halogens is 3. The first kappa shape index (κ1) is 20.1. The number of hydrogen-bond donors (Lipinski definition) is 1. The molecule has 0 unspecified atom stereocenters. The zero-order valence-corrected chi connectivity index (χ0v) is 15.9. The summed E-state index contributed by atoms with van der Waals surface area (Å²) in [7, 11) is 0. The average molecular weight is 424 g/mol. The predicted octanol–water partition coefficient (Wildman–Crippen LogP) is 5.33. The first-order chi connectivity index (χ1) is 14.9. The number of anilines is 1. The first-order valence-electron chi connectivity index (χ1n) is 9.10. The Bertz CT molecular complexity index is 1190. The highest BCUT2D eigenvalue weighted by molar-refractivity contribution is 6.04. The third kappa shape index (κ3) is 4.89. The summed E-state index contributed by atoms with van der Waals surface area (Å²) in [5, 5.41) is 2.56. The first-order valence-corrected chi connectivity index (χ1v) is 9.10. The molecule has 9 heteroatoms. The van der Waals surface area contributed by atoms with Gasteiger partial charge in [-0.3, -0.25) is 4.79 Å². The highest BCUT2D eigenvalue weighted by atomic mass is 19.4. The molecule has 0 aliphatic heterocycles. The third-order valence-corrected chi connectivity index (χ3v) is 4.28. The maximum atomic E-state index is 12.8. The number of hydrogen-bond acceptors (Lipinski definition) is 4. The van der Waals surface area contributed by atoms with Gasteiger partial charge in [0.1, 0.15) is 17.9 Å². The molecule has 0 radical (unpaired) electrons. The fourth-order valence-corrected chi connectivity index (χ4v) is 2.78. The number of benzene rings is 2. The maximum Gasteiger partial charge on any atom is 0.416 e. The Hall–Kier alpha value is -4.14. The van der Waals surface area contributed by atoms with Crippen LogP contribution < -0.4 is 10.1 Å². The summed E-state index contributed by atoms with van der Waals surface area (Å²) in [4.78, 5) is 20.5. The van der Waals surface area contributed by atoms with E-state index in [9.17, 15) is 18.0 Å².